The summed E-state index contributed by atoms with van der Waals surface area (Å²) >= 11 is 0. The molecule has 1 aromatic heterocycles. The van der Waals surface area contributed by atoms with Gasteiger partial charge < -0.3 is 10.3 Å². The molecule has 1 amide bonds. The number of aromatic amines is 1. The summed E-state index contributed by atoms with van der Waals surface area (Å²) in [6.45, 7) is 3.10. The Bertz CT molecular complexity index is 587. The van der Waals surface area contributed by atoms with Crippen LogP contribution in [0.3, 0.4) is 0 Å². The fourth-order valence-electron chi connectivity index (χ4n) is 3.12. The Morgan fingerprint density at radius 3 is 3.05 bits per heavy atom. The molecule has 1 aliphatic rings. The van der Waals surface area contributed by atoms with Gasteiger partial charge in [0.25, 0.3) is 5.91 Å². The SMILES string of the molecule is CC1CCC(CNC(=O)c2cccc3cc[nH]c23)C1. The lowest BCUT2D eigenvalue weighted by Gasteiger charge is -2.11. The highest BCUT2D eigenvalue weighted by molar-refractivity contribution is 6.05. The Kier molecular flexibility index (Phi) is 3.28. The Morgan fingerprint density at radius 2 is 2.26 bits per heavy atom. The van der Waals surface area contributed by atoms with Crippen molar-refractivity contribution in [1.29, 1.82) is 0 Å². The van der Waals surface area contributed by atoms with Crippen molar-refractivity contribution in [2.75, 3.05) is 6.54 Å². The largest absolute Gasteiger partial charge is 0.361 e. The quantitative estimate of drug-likeness (QED) is 0.869. The first-order chi connectivity index (χ1) is 9.24. The highest BCUT2D eigenvalue weighted by Gasteiger charge is 2.22. The van der Waals surface area contributed by atoms with Crippen molar-refractivity contribution in [2.24, 2.45) is 11.8 Å². The van der Waals surface area contributed by atoms with Gasteiger partial charge in [0.05, 0.1) is 11.1 Å². The molecule has 1 fully saturated rings. The summed E-state index contributed by atoms with van der Waals surface area (Å²) in [7, 11) is 0. The average molecular weight is 256 g/mol. The van der Waals surface area contributed by atoms with Crippen LogP contribution in [0, 0.1) is 11.8 Å². The first-order valence-electron chi connectivity index (χ1n) is 7.08. The molecule has 2 atom stereocenters. The molecular weight excluding hydrogens is 236 g/mol. The number of aromatic nitrogens is 1. The highest BCUT2D eigenvalue weighted by Crippen LogP contribution is 2.29. The lowest BCUT2D eigenvalue weighted by Crippen LogP contribution is -2.28. The molecule has 1 aliphatic carbocycles. The first-order valence-corrected chi connectivity index (χ1v) is 7.08. The average Bonchev–Trinajstić information content (AvgIpc) is 3.03. The summed E-state index contributed by atoms with van der Waals surface area (Å²) < 4.78 is 0. The van der Waals surface area contributed by atoms with Gasteiger partial charge in [-0.2, -0.15) is 0 Å². The fraction of sp³-hybridized carbons (Fsp3) is 0.438. The topological polar surface area (TPSA) is 44.9 Å². The number of rotatable bonds is 3. The van der Waals surface area contributed by atoms with Crippen LogP contribution in [0.5, 0.6) is 0 Å². The van der Waals surface area contributed by atoms with Crippen molar-refractivity contribution < 1.29 is 4.79 Å². The van der Waals surface area contributed by atoms with Crippen molar-refractivity contribution in [3.63, 3.8) is 0 Å². The molecule has 3 nitrogen and oxygen atoms in total. The second kappa shape index (κ2) is 5.08. The molecule has 100 valence electrons. The molecule has 19 heavy (non-hydrogen) atoms. The van der Waals surface area contributed by atoms with E-state index in [0.29, 0.717) is 5.92 Å². The highest BCUT2D eigenvalue weighted by atomic mass is 16.1. The number of benzene rings is 1. The molecule has 2 unspecified atom stereocenters. The maximum atomic E-state index is 12.3. The van der Waals surface area contributed by atoms with Gasteiger partial charge in [-0.1, -0.05) is 25.5 Å². The van der Waals surface area contributed by atoms with Crippen molar-refractivity contribution in [3.8, 4) is 0 Å². The van der Waals surface area contributed by atoms with Crippen LogP contribution in [0.2, 0.25) is 0 Å². The molecule has 0 bridgehead atoms. The van der Waals surface area contributed by atoms with Gasteiger partial charge in [0.1, 0.15) is 0 Å². The number of amides is 1. The maximum absolute atomic E-state index is 12.3. The van der Waals surface area contributed by atoms with E-state index in [4.69, 9.17) is 0 Å². The Labute approximate surface area is 113 Å². The number of H-pyrrole nitrogens is 1. The van der Waals surface area contributed by atoms with Crippen LogP contribution in [-0.4, -0.2) is 17.4 Å². The number of carbonyl (C=O) groups excluding carboxylic acids is 1. The molecular formula is C16H20N2O. The maximum Gasteiger partial charge on any atom is 0.253 e. The van der Waals surface area contributed by atoms with Crippen LogP contribution >= 0.6 is 0 Å². The minimum atomic E-state index is 0.0348. The van der Waals surface area contributed by atoms with E-state index in [2.05, 4.69) is 17.2 Å². The van der Waals surface area contributed by atoms with E-state index in [9.17, 15) is 4.79 Å². The van der Waals surface area contributed by atoms with E-state index in [1.807, 2.05) is 30.5 Å². The van der Waals surface area contributed by atoms with E-state index >= 15 is 0 Å². The van der Waals surface area contributed by atoms with Crippen molar-refractivity contribution in [1.82, 2.24) is 10.3 Å². The van der Waals surface area contributed by atoms with E-state index in [-0.39, 0.29) is 5.91 Å². The zero-order chi connectivity index (χ0) is 13.2. The lowest BCUT2D eigenvalue weighted by molar-refractivity contribution is 0.0948. The van der Waals surface area contributed by atoms with Gasteiger partial charge in [-0.15, -0.1) is 0 Å². The summed E-state index contributed by atoms with van der Waals surface area (Å²) in [5.74, 6) is 1.50. The van der Waals surface area contributed by atoms with Gasteiger partial charge >= 0.3 is 0 Å². The number of nitrogens with one attached hydrogen (secondary N) is 2. The number of fused-ring (bicyclic) bond motifs is 1. The molecule has 2 aromatic rings. The Morgan fingerprint density at radius 1 is 1.37 bits per heavy atom. The summed E-state index contributed by atoms with van der Waals surface area (Å²) in [4.78, 5) is 15.4. The number of para-hydroxylation sites is 1. The van der Waals surface area contributed by atoms with E-state index < -0.39 is 0 Å². The van der Waals surface area contributed by atoms with Gasteiger partial charge in [-0.25, -0.2) is 0 Å². The third kappa shape index (κ3) is 2.50. The van der Waals surface area contributed by atoms with Gasteiger partial charge in [-0.3, -0.25) is 4.79 Å². The van der Waals surface area contributed by atoms with Crippen LogP contribution in [0.25, 0.3) is 10.9 Å². The second-order valence-corrected chi connectivity index (χ2v) is 5.74. The van der Waals surface area contributed by atoms with Crippen LogP contribution in [-0.2, 0) is 0 Å². The predicted molar refractivity (Wildman–Crippen MR) is 77.1 cm³/mol. The van der Waals surface area contributed by atoms with Gasteiger partial charge in [-0.05, 0) is 36.8 Å². The summed E-state index contributed by atoms with van der Waals surface area (Å²) in [6, 6.07) is 7.82. The summed E-state index contributed by atoms with van der Waals surface area (Å²) in [5, 5.41) is 4.17. The number of hydrogen-bond acceptors (Lipinski definition) is 1. The van der Waals surface area contributed by atoms with Crippen molar-refractivity contribution in [2.45, 2.75) is 26.2 Å². The Hall–Kier alpha value is -1.77. The zero-order valence-corrected chi connectivity index (χ0v) is 11.3. The monoisotopic (exact) mass is 256 g/mol. The fourth-order valence-corrected chi connectivity index (χ4v) is 3.12. The zero-order valence-electron chi connectivity index (χ0n) is 11.3. The van der Waals surface area contributed by atoms with Gasteiger partial charge in [0.15, 0.2) is 0 Å². The minimum absolute atomic E-state index is 0.0348. The predicted octanol–water partition coefficient (Wildman–Crippen LogP) is 3.33. The standard InChI is InChI=1S/C16H20N2O/c1-11-5-6-12(9-11)10-18-16(19)14-4-2-3-13-7-8-17-15(13)14/h2-4,7-8,11-12,17H,5-6,9-10H2,1H3,(H,18,19). The smallest absolute Gasteiger partial charge is 0.253 e. The Balaban J connectivity index is 1.68. The summed E-state index contributed by atoms with van der Waals surface area (Å²) in [5.41, 5.74) is 1.67. The molecule has 2 N–H and O–H groups in total. The molecule has 0 radical (unpaired) electrons. The van der Waals surface area contributed by atoms with Crippen molar-refractivity contribution >= 4 is 16.8 Å². The van der Waals surface area contributed by atoms with Crippen LogP contribution in [0.1, 0.15) is 36.5 Å². The van der Waals surface area contributed by atoms with E-state index in [1.54, 1.807) is 0 Å². The number of carbonyl (C=O) groups is 1. The van der Waals surface area contributed by atoms with Crippen molar-refractivity contribution in [3.05, 3.63) is 36.0 Å². The third-order valence-electron chi connectivity index (χ3n) is 4.19. The molecule has 0 saturated heterocycles. The molecule has 0 spiro atoms. The molecule has 3 heteroatoms. The molecule has 1 heterocycles. The molecule has 3 rings (SSSR count). The lowest BCUT2D eigenvalue weighted by atomic mass is 10.1. The molecule has 1 saturated carbocycles. The van der Waals surface area contributed by atoms with Crippen LogP contribution in [0.15, 0.2) is 30.5 Å². The van der Waals surface area contributed by atoms with Crippen LogP contribution in [0.4, 0.5) is 0 Å². The van der Waals surface area contributed by atoms with E-state index in [1.165, 1.54) is 19.3 Å². The van der Waals surface area contributed by atoms with Gasteiger partial charge in [0, 0.05) is 18.1 Å². The summed E-state index contributed by atoms with van der Waals surface area (Å²) in [6.07, 6.45) is 5.66. The second-order valence-electron chi connectivity index (χ2n) is 5.74. The van der Waals surface area contributed by atoms with Gasteiger partial charge in [0.2, 0.25) is 0 Å². The third-order valence-corrected chi connectivity index (χ3v) is 4.19. The van der Waals surface area contributed by atoms with E-state index in [0.717, 1.165) is 28.9 Å². The number of hydrogen-bond donors (Lipinski definition) is 2. The first kappa shape index (κ1) is 12.3. The minimum Gasteiger partial charge on any atom is -0.361 e. The normalized spacial score (nSPS) is 22.8. The molecule has 0 aliphatic heterocycles. The van der Waals surface area contributed by atoms with Crippen LogP contribution < -0.4 is 5.32 Å². The molecule has 1 aromatic carbocycles.